The maximum atomic E-state index is 13.4. The standard InChI is InChI=1S/C23H28N6O3S/c1-15(2)12-21(22-25-16(3)28-32-22)29(5)33(30,31)18-8-6-17(7-9-18)13-23(4)26-19-10-11-24-14-20(19)27-23/h6-11,14-15,21H,12-13H2,1-5H3. The molecule has 2 aromatic heterocycles. The van der Waals surface area contributed by atoms with Crippen molar-refractivity contribution >= 4 is 10.0 Å². The van der Waals surface area contributed by atoms with Gasteiger partial charge in [-0.1, -0.05) is 31.1 Å². The average Bonchev–Trinajstić information content (AvgIpc) is 3.33. The molecule has 0 aliphatic carbocycles. The Morgan fingerprint density at radius 3 is 2.39 bits per heavy atom. The number of nitrogens with zero attached hydrogens (tertiary/aromatic N) is 6. The van der Waals surface area contributed by atoms with Gasteiger partial charge in [0.15, 0.2) is 11.5 Å². The molecule has 174 valence electrons. The molecule has 0 amide bonds. The van der Waals surface area contributed by atoms with Crippen molar-refractivity contribution in [3.8, 4) is 0 Å². The van der Waals surface area contributed by atoms with Crippen molar-refractivity contribution in [1.82, 2.24) is 19.4 Å². The van der Waals surface area contributed by atoms with Crippen molar-refractivity contribution < 1.29 is 12.9 Å². The van der Waals surface area contributed by atoms with Crippen LogP contribution >= 0.6 is 0 Å². The van der Waals surface area contributed by atoms with Gasteiger partial charge in [0.2, 0.25) is 15.9 Å². The molecule has 0 spiro atoms. The molecule has 0 bridgehead atoms. The second-order valence-corrected chi connectivity index (χ2v) is 11.0. The lowest BCUT2D eigenvalue weighted by Crippen LogP contribution is -2.32. The van der Waals surface area contributed by atoms with Crippen molar-refractivity contribution in [2.75, 3.05) is 7.05 Å². The molecule has 2 unspecified atom stereocenters. The molecule has 2 atom stereocenters. The molecule has 1 aromatic carbocycles. The first-order chi connectivity index (χ1) is 15.6. The van der Waals surface area contributed by atoms with Crippen LogP contribution in [-0.4, -0.2) is 40.6 Å². The van der Waals surface area contributed by atoms with Crippen LogP contribution in [-0.2, 0) is 16.4 Å². The van der Waals surface area contributed by atoms with Crippen molar-refractivity contribution in [2.24, 2.45) is 15.9 Å². The van der Waals surface area contributed by atoms with Crippen LogP contribution in [0, 0.1) is 12.8 Å². The summed E-state index contributed by atoms with van der Waals surface area (Å²) >= 11 is 0. The number of aromatic nitrogens is 3. The van der Waals surface area contributed by atoms with Gasteiger partial charge < -0.3 is 4.52 Å². The second kappa shape index (κ2) is 8.75. The molecule has 10 heteroatoms. The second-order valence-electron chi connectivity index (χ2n) is 8.97. The smallest absolute Gasteiger partial charge is 0.245 e. The number of benzene rings is 1. The monoisotopic (exact) mass is 468 g/mol. The maximum absolute atomic E-state index is 13.4. The minimum Gasteiger partial charge on any atom is -0.338 e. The Balaban J connectivity index is 1.56. The fraction of sp³-hybridized carbons (Fsp3) is 0.435. The van der Waals surface area contributed by atoms with E-state index in [4.69, 9.17) is 9.52 Å². The Kier molecular flexibility index (Phi) is 6.15. The molecule has 0 saturated carbocycles. The van der Waals surface area contributed by atoms with Crippen LogP contribution in [0.5, 0.6) is 0 Å². The number of sulfonamides is 1. The van der Waals surface area contributed by atoms with Crippen LogP contribution < -0.4 is 10.7 Å². The summed E-state index contributed by atoms with van der Waals surface area (Å²) in [7, 11) is -2.22. The summed E-state index contributed by atoms with van der Waals surface area (Å²) in [6.07, 6.45) is 4.51. The SMILES string of the molecule is Cc1noc(C(CC(C)C)N(C)S(=O)(=O)c2ccc(CC3(C)N=c4ccncc4=N3)cc2)n1. The van der Waals surface area contributed by atoms with E-state index in [2.05, 4.69) is 20.1 Å². The Hall–Kier alpha value is -2.98. The zero-order chi connectivity index (χ0) is 23.8. The fourth-order valence-electron chi connectivity index (χ4n) is 3.98. The largest absolute Gasteiger partial charge is 0.338 e. The first kappa shape index (κ1) is 23.2. The van der Waals surface area contributed by atoms with E-state index in [9.17, 15) is 8.42 Å². The molecule has 1 aliphatic heterocycles. The average molecular weight is 469 g/mol. The van der Waals surface area contributed by atoms with Gasteiger partial charge in [0.25, 0.3) is 0 Å². The molecular formula is C23H28N6O3S. The van der Waals surface area contributed by atoms with E-state index >= 15 is 0 Å². The predicted octanol–water partition coefficient (Wildman–Crippen LogP) is 2.39. The molecule has 3 heterocycles. The molecule has 4 rings (SSSR count). The van der Waals surface area contributed by atoms with Gasteiger partial charge in [0.1, 0.15) is 11.4 Å². The summed E-state index contributed by atoms with van der Waals surface area (Å²) in [6, 6.07) is 8.17. The molecule has 0 N–H and O–H groups in total. The van der Waals surface area contributed by atoms with Crippen molar-refractivity contribution in [2.45, 2.75) is 57.1 Å². The van der Waals surface area contributed by atoms with Gasteiger partial charge in [0.05, 0.1) is 16.4 Å². The molecule has 0 fully saturated rings. The summed E-state index contributed by atoms with van der Waals surface area (Å²) < 4.78 is 33.4. The van der Waals surface area contributed by atoms with E-state index in [1.54, 1.807) is 38.5 Å². The van der Waals surface area contributed by atoms with E-state index in [0.717, 1.165) is 16.3 Å². The van der Waals surface area contributed by atoms with E-state index < -0.39 is 21.7 Å². The molecule has 0 radical (unpaired) electrons. The zero-order valence-electron chi connectivity index (χ0n) is 19.4. The van der Waals surface area contributed by atoms with Crippen LogP contribution in [0.25, 0.3) is 0 Å². The van der Waals surface area contributed by atoms with Gasteiger partial charge >= 0.3 is 0 Å². The molecule has 9 nitrogen and oxygen atoms in total. The van der Waals surface area contributed by atoms with Gasteiger partial charge in [-0.25, -0.2) is 8.42 Å². The lowest BCUT2D eigenvalue weighted by molar-refractivity contribution is 0.247. The van der Waals surface area contributed by atoms with Crippen molar-refractivity contribution in [3.05, 3.63) is 70.7 Å². The highest BCUT2D eigenvalue weighted by Gasteiger charge is 2.33. The molecule has 1 aliphatic rings. The number of aryl methyl sites for hydroxylation is 1. The lowest BCUT2D eigenvalue weighted by atomic mass is 10.0. The summed E-state index contributed by atoms with van der Waals surface area (Å²) in [5.74, 6) is 1.01. The third-order valence-corrected chi connectivity index (χ3v) is 7.48. The van der Waals surface area contributed by atoms with Gasteiger partial charge in [0, 0.05) is 19.7 Å². The Labute approximate surface area is 193 Å². The summed E-state index contributed by atoms with van der Waals surface area (Å²) in [4.78, 5) is 18.0. The topological polar surface area (TPSA) is 114 Å². The van der Waals surface area contributed by atoms with Gasteiger partial charge in [-0.3, -0.25) is 15.0 Å². The zero-order valence-corrected chi connectivity index (χ0v) is 20.2. The first-order valence-corrected chi connectivity index (χ1v) is 12.3. The highest BCUT2D eigenvalue weighted by atomic mass is 32.2. The normalized spacial score (nSPS) is 18.8. The quantitative estimate of drug-likeness (QED) is 0.501. The molecule has 0 saturated heterocycles. The fourth-order valence-corrected chi connectivity index (χ4v) is 5.31. The summed E-state index contributed by atoms with van der Waals surface area (Å²) in [5.41, 5.74) is 0.305. The number of fused-ring (bicyclic) bond motifs is 1. The molecule has 3 aromatic rings. The minimum atomic E-state index is -3.78. The van der Waals surface area contributed by atoms with Gasteiger partial charge in [-0.15, -0.1) is 0 Å². The van der Waals surface area contributed by atoms with E-state index in [1.165, 1.54) is 4.31 Å². The van der Waals surface area contributed by atoms with Crippen LogP contribution in [0.3, 0.4) is 0 Å². The molecule has 33 heavy (non-hydrogen) atoms. The maximum Gasteiger partial charge on any atom is 0.245 e. The minimum absolute atomic E-state index is 0.205. The van der Waals surface area contributed by atoms with Crippen LogP contribution in [0.4, 0.5) is 0 Å². The first-order valence-electron chi connectivity index (χ1n) is 10.8. The summed E-state index contributed by atoms with van der Waals surface area (Å²) in [5, 5.41) is 5.43. The summed E-state index contributed by atoms with van der Waals surface area (Å²) in [6.45, 7) is 7.72. The Morgan fingerprint density at radius 1 is 1.09 bits per heavy atom. The third kappa shape index (κ3) is 4.86. The number of rotatable bonds is 8. The van der Waals surface area contributed by atoms with Gasteiger partial charge in [-0.05, 0) is 49.9 Å². The highest BCUT2D eigenvalue weighted by Crippen LogP contribution is 2.31. The Morgan fingerprint density at radius 2 is 1.79 bits per heavy atom. The predicted molar refractivity (Wildman–Crippen MR) is 121 cm³/mol. The van der Waals surface area contributed by atoms with E-state index in [1.807, 2.05) is 39.0 Å². The van der Waals surface area contributed by atoms with Gasteiger partial charge in [-0.2, -0.15) is 9.29 Å². The van der Waals surface area contributed by atoms with Crippen LogP contribution in [0.2, 0.25) is 0 Å². The number of hydrogen-bond donors (Lipinski definition) is 0. The molecular weight excluding hydrogens is 440 g/mol. The van der Waals surface area contributed by atoms with Crippen molar-refractivity contribution in [3.63, 3.8) is 0 Å². The van der Waals surface area contributed by atoms with E-state index in [0.29, 0.717) is 24.6 Å². The van der Waals surface area contributed by atoms with Crippen molar-refractivity contribution in [1.29, 1.82) is 0 Å². The lowest BCUT2D eigenvalue weighted by Gasteiger charge is -2.26. The third-order valence-electron chi connectivity index (χ3n) is 5.60. The van der Waals surface area contributed by atoms with Crippen LogP contribution in [0.1, 0.15) is 50.5 Å². The van der Waals surface area contributed by atoms with E-state index in [-0.39, 0.29) is 10.8 Å². The number of hydrogen-bond acceptors (Lipinski definition) is 8. The number of pyridine rings is 1. The van der Waals surface area contributed by atoms with Crippen LogP contribution in [0.15, 0.2) is 62.1 Å². The Bertz CT molecular complexity index is 1330. The highest BCUT2D eigenvalue weighted by molar-refractivity contribution is 7.89.